The van der Waals surface area contributed by atoms with E-state index in [0.29, 0.717) is 55.2 Å². The number of hydrogen-bond donors (Lipinski definition) is 0. The highest BCUT2D eigenvalue weighted by molar-refractivity contribution is 7.93. The van der Waals surface area contributed by atoms with E-state index in [4.69, 9.17) is 14.2 Å². The van der Waals surface area contributed by atoms with Crippen LogP contribution in [0.3, 0.4) is 0 Å². The van der Waals surface area contributed by atoms with Crippen molar-refractivity contribution in [2.45, 2.75) is 48.0 Å². The van der Waals surface area contributed by atoms with Crippen molar-refractivity contribution in [3.8, 4) is 17.2 Å². The van der Waals surface area contributed by atoms with Gasteiger partial charge >= 0.3 is 0 Å². The lowest BCUT2D eigenvalue weighted by atomic mass is 9.89. The number of nitrogens with zero attached hydrogens (tertiary/aromatic N) is 4. The zero-order valence-electron chi connectivity index (χ0n) is 26.1. The molecule has 1 saturated heterocycles. The van der Waals surface area contributed by atoms with Crippen LogP contribution in [0.4, 0.5) is 9.52 Å². The normalized spacial score (nSPS) is 20.2. The Morgan fingerprint density at radius 2 is 1.79 bits per heavy atom. The average molecular weight is 703 g/mol. The molecule has 1 aromatic heterocycles. The zero-order valence-corrected chi connectivity index (χ0v) is 28.5. The van der Waals surface area contributed by atoms with Gasteiger partial charge in [0.15, 0.2) is 0 Å². The summed E-state index contributed by atoms with van der Waals surface area (Å²) >= 11 is 0.958. The summed E-state index contributed by atoms with van der Waals surface area (Å²) in [7, 11) is -4.41. The minimum absolute atomic E-state index is 0.0189. The number of aromatic nitrogens is 2. The largest absolute Gasteiger partial charge is 0.497 e. The summed E-state index contributed by atoms with van der Waals surface area (Å²) < 4.78 is 89.6. The van der Waals surface area contributed by atoms with Gasteiger partial charge in [0, 0.05) is 66.1 Å². The van der Waals surface area contributed by atoms with E-state index >= 15 is 0 Å². The Hall–Kier alpha value is -3.79. The molecule has 2 aliphatic heterocycles. The lowest BCUT2D eigenvalue weighted by molar-refractivity contribution is 0.0680. The summed E-state index contributed by atoms with van der Waals surface area (Å²) in [5, 5.41) is -0.327. The molecule has 11 nitrogen and oxygen atoms in total. The molecule has 3 aromatic carbocycles. The van der Waals surface area contributed by atoms with Crippen molar-refractivity contribution in [2.75, 3.05) is 37.9 Å². The molecule has 2 aliphatic rings. The van der Waals surface area contributed by atoms with Gasteiger partial charge in [-0.05, 0) is 48.7 Å². The van der Waals surface area contributed by atoms with Gasteiger partial charge in [-0.25, -0.2) is 30.5 Å². The van der Waals surface area contributed by atoms with Crippen LogP contribution in [-0.4, -0.2) is 70.0 Å². The van der Waals surface area contributed by atoms with E-state index in [1.165, 1.54) is 49.3 Å². The van der Waals surface area contributed by atoms with Crippen molar-refractivity contribution in [1.82, 2.24) is 14.3 Å². The highest BCUT2D eigenvalue weighted by atomic mass is 32.2. The van der Waals surface area contributed by atoms with Gasteiger partial charge in [0.2, 0.25) is 5.13 Å². The van der Waals surface area contributed by atoms with Crippen LogP contribution in [0.25, 0.3) is 0 Å². The number of likely N-dealkylation sites (tertiary alicyclic amines) is 1. The van der Waals surface area contributed by atoms with Gasteiger partial charge in [0.25, 0.3) is 10.0 Å². The van der Waals surface area contributed by atoms with Gasteiger partial charge in [-0.3, -0.25) is 4.90 Å². The number of anilines is 1. The number of rotatable bonds is 10. The van der Waals surface area contributed by atoms with Gasteiger partial charge in [-0.2, -0.15) is 4.37 Å². The summed E-state index contributed by atoms with van der Waals surface area (Å²) in [6, 6.07) is 15.7. The van der Waals surface area contributed by atoms with Crippen LogP contribution in [0.5, 0.6) is 17.2 Å². The number of piperidine rings is 1. The van der Waals surface area contributed by atoms with Crippen molar-refractivity contribution in [1.29, 1.82) is 0 Å². The first-order chi connectivity index (χ1) is 22.5. The second-order valence-corrected chi connectivity index (χ2v) is 16.5. The van der Waals surface area contributed by atoms with Crippen LogP contribution in [0.15, 0.2) is 71.9 Å². The Morgan fingerprint density at radius 1 is 1.00 bits per heavy atom. The van der Waals surface area contributed by atoms with Gasteiger partial charge in [-0.1, -0.05) is 18.2 Å². The van der Waals surface area contributed by atoms with E-state index in [2.05, 4.69) is 14.3 Å². The smallest absolute Gasteiger partial charge is 0.266 e. The quantitative estimate of drug-likeness (QED) is 0.219. The van der Waals surface area contributed by atoms with Crippen LogP contribution in [0, 0.1) is 5.82 Å². The maximum Gasteiger partial charge on any atom is 0.266 e. The predicted molar refractivity (Wildman–Crippen MR) is 176 cm³/mol. The Balaban J connectivity index is 1.34. The number of halogens is 1. The fourth-order valence-corrected chi connectivity index (χ4v) is 9.59. The SMILES string of the molecule is COc1ccc(CN(c2ncns2)S(=O)(=O)c2ccc3c(c2)OCC[C@@H]3N2CC[C@@H](S(C)(=O)=O)C[C@H]2c2ccc(F)cc2)c(OC)c1. The van der Waals surface area contributed by atoms with Crippen molar-refractivity contribution in [2.24, 2.45) is 0 Å². The van der Waals surface area contributed by atoms with Crippen molar-refractivity contribution >= 4 is 36.5 Å². The fraction of sp³-hybridized carbons (Fsp3) is 0.375. The number of fused-ring (bicyclic) bond motifs is 1. The molecule has 0 amide bonds. The summed E-state index contributed by atoms with van der Waals surface area (Å²) in [5.74, 6) is 1.10. The number of ether oxygens (including phenoxy) is 3. The average Bonchev–Trinajstić information content (AvgIpc) is 3.61. The zero-order chi connectivity index (χ0) is 33.3. The highest BCUT2D eigenvalue weighted by Crippen LogP contribution is 2.45. The van der Waals surface area contributed by atoms with Crippen LogP contribution < -0.4 is 18.5 Å². The summed E-state index contributed by atoms with van der Waals surface area (Å²) in [5.41, 5.74) is 2.23. The molecule has 0 aliphatic carbocycles. The third-order valence-electron chi connectivity index (χ3n) is 8.81. The Labute approximate surface area is 278 Å². The molecule has 47 heavy (non-hydrogen) atoms. The van der Waals surface area contributed by atoms with E-state index < -0.39 is 25.1 Å². The van der Waals surface area contributed by atoms with Gasteiger partial charge in [0.05, 0.1) is 37.5 Å². The molecular formula is C32H35FN4O7S3. The van der Waals surface area contributed by atoms with Crippen LogP contribution >= 0.6 is 11.5 Å². The molecular weight excluding hydrogens is 668 g/mol. The Morgan fingerprint density at radius 3 is 2.47 bits per heavy atom. The minimum Gasteiger partial charge on any atom is -0.497 e. The van der Waals surface area contributed by atoms with Gasteiger partial charge < -0.3 is 14.2 Å². The molecule has 0 bridgehead atoms. The van der Waals surface area contributed by atoms with E-state index in [9.17, 15) is 21.2 Å². The van der Waals surface area contributed by atoms with Crippen molar-refractivity contribution in [3.63, 3.8) is 0 Å². The van der Waals surface area contributed by atoms with Crippen LogP contribution in [0.2, 0.25) is 0 Å². The van der Waals surface area contributed by atoms with Crippen molar-refractivity contribution in [3.05, 3.63) is 89.5 Å². The molecule has 3 atom stereocenters. The third kappa shape index (κ3) is 6.80. The Kier molecular flexibility index (Phi) is 9.43. The van der Waals surface area contributed by atoms with Crippen LogP contribution in [-0.2, 0) is 26.4 Å². The van der Waals surface area contributed by atoms with E-state index in [0.717, 1.165) is 22.7 Å². The number of hydrogen-bond acceptors (Lipinski definition) is 11. The topological polar surface area (TPSA) is 128 Å². The Bertz CT molecular complexity index is 1940. The number of benzene rings is 3. The molecule has 3 heterocycles. The van der Waals surface area contributed by atoms with E-state index in [1.807, 2.05) is 0 Å². The van der Waals surface area contributed by atoms with E-state index in [-0.39, 0.29) is 34.5 Å². The maximum atomic E-state index is 14.3. The first-order valence-corrected chi connectivity index (χ1v) is 19.1. The highest BCUT2D eigenvalue weighted by Gasteiger charge is 2.40. The number of methoxy groups -OCH3 is 2. The second kappa shape index (κ2) is 13.4. The monoisotopic (exact) mass is 702 g/mol. The molecule has 0 N–H and O–H groups in total. The predicted octanol–water partition coefficient (Wildman–Crippen LogP) is 5.16. The molecule has 0 saturated carbocycles. The standard InChI is InChI=1S/C32H35FN4O7S3/c1-42-24-9-6-22(30(16-24)43-2)19-37(32-34-20-35-45-32)47(40,41)26-10-11-27-28(13-15-44-31(27)18-26)36-14-12-25(46(3,38)39)17-29(36)21-4-7-23(33)8-5-21/h4-11,16,18,20,25,28-29H,12-15,17,19H2,1-3H3/t25-,28+,29+/m1/s1. The molecule has 1 fully saturated rings. The molecule has 15 heteroatoms. The maximum absolute atomic E-state index is 14.3. The third-order valence-corrected chi connectivity index (χ3v) is 13.0. The fourth-order valence-electron chi connectivity index (χ4n) is 6.38. The number of sulfone groups is 1. The summed E-state index contributed by atoms with van der Waals surface area (Å²) in [6.45, 7) is 0.769. The lowest BCUT2D eigenvalue weighted by Crippen LogP contribution is -2.44. The lowest BCUT2D eigenvalue weighted by Gasteiger charge is -2.45. The van der Waals surface area contributed by atoms with Gasteiger partial charge in [0.1, 0.15) is 39.2 Å². The second-order valence-electron chi connectivity index (χ2n) is 11.5. The molecule has 6 rings (SSSR count). The van der Waals surface area contributed by atoms with Crippen LogP contribution in [0.1, 0.15) is 48.0 Å². The molecule has 4 aromatic rings. The molecule has 0 radical (unpaired) electrons. The summed E-state index contributed by atoms with van der Waals surface area (Å²) in [4.78, 5) is 6.47. The molecule has 0 unspecified atom stereocenters. The number of sulfonamides is 1. The first-order valence-electron chi connectivity index (χ1n) is 15.0. The van der Waals surface area contributed by atoms with E-state index in [1.54, 1.807) is 42.5 Å². The minimum atomic E-state index is -4.16. The molecule has 0 spiro atoms. The molecule has 250 valence electrons. The summed E-state index contributed by atoms with van der Waals surface area (Å²) in [6.07, 6.45) is 4.01. The first kappa shape index (κ1) is 33.1. The van der Waals surface area contributed by atoms with Gasteiger partial charge in [-0.15, -0.1) is 0 Å². The van der Waals surface area contributed by atoms with Crippen molar-refractivity contribution < 1.29 is 35.4 Å².